The SMILES string of the molecule is Cc1cc(C)nc(Sc2ncc(C=O)cc2C)n1. The zero-order valence-electron chi connectivity index (χ0n) is 10.5. The Hall–Kier alpha value is -1.75. The summed E-state index contributed by atoms with van der Waals surface area (Å²) >= 11 is 1.41. The van der Waals surface area contributed by atoms with Gasteiger partial charge in [-0.05, 0) is 50.2 Å². The zero-order valence-corrected chi connectivity index (χ0v) is 11.3. The molecule has 0 radical (unpaired) electrons. The normalized spacial score (nSPS) is 10.4. The Morgan fingerprint density at radius 1 is 1.11 bits per heavy atom. The van der Waals surface area contributed by atoms with Gasteiger partial charge in [0.2, 0.25) is 0 Å². The molecule has 2 aromatic rings. The van der Waals surface area contributed by atoms with Crippen LogP contribution in [0.25, 0.3) is 0 Å². The van der Waals surface area contributed by atoms with Crippen LogP contribution in [0, 0.1) is 20.8 Å². The standard InChI is InChI=1S/C13H13N3OS/c1-8-4-11(7-17)6-14-12(8)18-13-15-9(2)5-10(3)16-13/h4-7H,1-3H3. The van der Waals surface area contributed by atoms with Crippen LogP contribution in [0.15, 0.2) is 28.5 Å². The van der Waals surface area contributed by atoms with Gasteiger partial charge in [0, 0.05) is 23.1 Å². The molecule has 0 spiro atoms. The molecule has 0 atom stereocenters. The number of pyridine rings is 1. The highest BCUT2D eigenvalue weighted by molar-refractivity contribution is 7.99. The molecule has 92 valence electrons. The van der Waals surface area contributed by atoms with Crippen molar-refractivity contribution in [2.45, 2.75) is 31.0 Å². The molecule has 2 heterocycles. The Labute approximate surface area is 110 Å². The van der Waals surface area contributed by atoms with E-state index in [1.54, 1.807) is 6.20 Å². The van der Waals surface area contributed by atoms with Crippen molar-refractivity contribution in [1.29, 1.82) is 0 Å². The largest absolute Gasteiger partial charge is 0.298 e. The van der Waals surface area contributed by atoms with E-state index in [1.807, 2.05) is 32.9 Å². The molecule has 0 aliphatic carbocycles. The quantitative estimate of drug-likeness (QED) is 0.626. The van der Waals surface area contributed by atoms with Gasteiger partial charge in [0.1, 0.15) is 5.03 Å². The van der Waals surface area contributed by atoms with E-state index in [9.17, 15) is 4.79 Å². The van der Waals surface area contributed by atoms with Gasteiger partial charge >= 0.3 is 0 Å². The van der Waals surface area contributed by atoms with E-state index in [0.717, 1.165) is 28.3 Å². The molecule has 0 bridgehead atoms. The van der Waals surface area contributed by atoms with Crippen LogP contribution in [0.1, 0.15) is 27.3 Å². The van der Waals surface area contributed by atoms with Gasteiger partial charge in [0.05, 0.1) is 0 Å². The minimum atomic E-state index is 0.582. The van der Waals surface area contributed by atoms with E-state index in [1.165, 1.54) is 11.8 Å². The van der Waals surface area contributed by atoms with Gasteiger partial charge < -0.3 is 0 Å². The Morgan fingerprint density at radius 2 is 1.78 bits per heavy atom. The third-order valence-electron chi connectivity index (χ3n) is 2.34. The summed E-state index contributed by atoms with van der Waals surface area (Å²) in [4.78, 5) is 23.6. The zero-order chi connectivity index (χ0) is 13.1. The number of aryl methyl sites for hydroxylation is 3. The summed E-state index contributed by atoms with van der Waals surface area (Å²) in [5.41, 5.74) is 3.41. The van der Waals surface area contributed by atoms with Gasteiger partial charge in [0.25, 0.3) is 0 Å². The highest BCUT2D eigenvalue weighted by Crippen LogP contribution is 2.26. The summed E-state index contributed by atoms with van der Waals surface area (Å²) in [5.74, 6) is 0. The number of aldehydes is 1. The molecule has 0 amide bonds. The molecule has 0 aliphatic heterocycles. The van der Waals surface area contributed by atoms with Crippen molar-refractivity contribution in [2.24, 2.45) is 0 Å². The second-order valence-corrected chi connectivity index (χ2v) is 5.00. The fourth-order valence-electron chi connectivity index (χ4n) is 1.58. The van der Waals surface area contributed by atoms with Crippen LogP contribution in [0.2, 0.25) is 0 Å². The maximum Gasteiger partial charge on any atom is 0.194 e. The van der Waals surface area contributed by atoms with E-state index in [-0.39, 0.29) is 0 Å². The van der Waals surface area contributed by atoms with E-state index >= 15 is 0 Å². The third kappa shape index (κ3) is 2.92. The van der Waals surface area contributed by atoms with E-state index in [2.05, 4.69) is 15.0 Å². The molecule has 0 unspecified atom stereocenters. The van der Waals surface area contributed by atoms with Crippen molar-refractivity contribution in [1.82, 2.24) is 15.0 Å². The smallest absolute Gasteiger partial charge is 0.194 e. The lowest BCUT2D eigenvalue weighted by molar-refractivity contribution is 0.112. The van der Waals surface area contributed by atoms with Crippen molar-refractivity contribution in [3.05, 3.63) is 40.8 Å². The minimum Gasteiger partial charge on any atom is -0.298 e. The van der Waals surface area contributed by atoms with Crippen LogP contribution in [0.4, 0.5) is 0 Å². The molecule has 0 saturated heterocycles. The lowest BCUT2D eigenvalue weighted by Crippen LogP contribution is -1.95. The van der Waals surface area contributed by atoms with Crippen LogP contribution in [0.3, 0.4) is 0 Å². The summed E-state index contributed by atoms with van der Waals surface area (Å²) in [6.07, 6.45) is 2.35. The topological polar surface area (TPSA) is 55.7 Å². The van der Waals surface area contributed by atoms with Gasteiger partial charge in [-0.25, -0.2) is 15.0 Å². The first-order valence-corrected chi connectivity index (χ1v) is 6.32. The fraction of sp³-hybridized carbons (Fsp3) is 0.231. The molecule has 2 aromatic heterocycles. The summed E-state index contributed by atoms with van der Waals surface area (Å²) in [6, 6.07) is 3.74. The Morgan fingerprint density at radius 3 is 2.33 bits per heavy atom. The van der Waals surface area contributed by atoms with E-state index in [4.69, 9.17) is 0 Å². The Kier molecular flexibility index (Phi) is 3.72. The molecule has 0 aliphatic rings. The first kappa shape index (κ1) is 12.7. The van der Waals surface area contributed by atoms with Gasteiger partial charge in [0.15, 0.2) is 11.4 Å². The third-order valence-corrected chi connectivity index (χ3v) is 3.32. The Bertz CT molecular complexity index is 579. The summed E-state index contributed by atoms with van der Waals surface area (Å²) in [6.45, 7) is 5.80. The molecule has 0 fully saturated rings. The molecule has 5 heteroatoms. The van der Waals surface area contributed by atoms with Gasteiger partial charge in [-0.1, -0.05) is 0 Å². The fourth-order valence-corrected chi connectivity index (χ4v) is 2.46. The number of hydrogen-bond acceptors (Lipinski definition) is 5. The predicted molar refractivity (Wildman–Crippen MR) is 70.0 cm³/mol. The second-order valence-electron chi connectivity index (χ2n) is 4.04. The number of carbonyl (C=O) groups excluding carboxylic acids is 1. The number of rotatable bonds is 3. The maximum atomic E-state index is 10.6. The van der Waals surface area contributed by atoms with Crippen molar-refractivity contribution in [3.8, 4) is 0 Å². The van der Waals surface area contributed by atoms with E-state index < -0.39 is 0 Å². The molecular weight excluding hydrogens is 246 g/mol. The van der Waals surface area contributed by atoms with Crippen molar-refractivity contribution >= 4 is 18.0 Å². The predicted octanol–water partition coefficient (Wildman–Crippen LogP) is 2.76. The summed E-state index contributed by atoms with van der Waals surface area (Å²) < 4.78 is 0. The molecule has 4 nitrogen and oxygen atoms in total. The lowest BCUT2D eigenvalue weighted by atomic mass is 10.2. The number of hydrogen-bond donors (Lipinski definition) is 0. The van der Waals surface area contributed by atoms with Crippen molar-refractivity contribution < 1.29 is 4.79 Å². The molecule has 0 aromatic carbocycles. The molecule has 0 saturated carbocycles. The van der Waals surface area contributed by atoms with Crippen molar-refractivity contribution in [2.75, 3.05) is 0 Å². The summed E-state index contributed by atoms with van der Waals surface area (Å²) in [5, 5.41) is 1.51. The monoisotopic (exact) mass is 259 g/mol. The first-order chi connectivity index (χ1) is 8.58. The van der Waals surface area contributed by atoms with Gasteiger partial charge in [-0.15, -0.1) is 0 Å². The summed E-state index contributed by atoms with van der Waals surface area (Å²) in [7, 11) is 0. The lowest BCUT2D eigenvalue weighted by Gasteiger charge is -2.05. The molecule has 2 rings (SSSR count). The highest BCUT2D eigenvalue weighted by Gasteiger charge is 2.07. The molecule has 18 heavy (non-hydrogen) atoms. The average molecular weight is 259 g/mol. The van der Waals surface area contributed by atoms with Crippen LogP contribution in [-0.4, -0.2) is 21.2 Å². The minimum absolute atomic E-state index is 0.582. The maximum absolute atomic E-state index is 10.6. The van der Waals surface area contributed by atoms with Gasteiger partial charge in [-0.2, -0.15) is 0 Å². The van der Waals surface area contributed by atoms with Gasteiger partial charge in [-0.3, -0.25) is 4.79 Å². The van der Waals surface area contributed by atoms with Crippen molar-refractivity contribution in [3.63, 3.8) is 0 Å². The van der Waals surface area contributed by atoms with Crippen LogP contribution in [0.5, 0.6) is 0 Å². The molecule has 0 N–H and O–H groups in total. The second kappa shape index (κ2) is 5.27. The van der Waals surface area contributed by atoms with Crippen LogP contribution < -0.4 is 0 Å². The average Bonchev–Trinajstić information content (AvgIpc) is 2.30. The van der Waals surface area contributed by atoms with Crippen LogP contribution in [-0.2, 0) is 0 Å². The molecular formula is C13H13N3OS. The van der Waals surface area contributed by atoms with Crippen LogP contribution >= 0.6 is 11.8 Å². The van der Waals surface area contributed by atoms with E-state index in [0.29, 0.717) is 10.7 Å². The number of aromatic nitrogens is 3. The number of carbonyl (C=O) groups is 1. The highest BCUT2D eigenvalue weighted by atomic mass is 32.2. The first-order valence-electron chi connectivity index (χ1n) is 5.50. The number of nitrogens with zero attached hydrogens (tertiary/aromatic N) is 3. The Balaban J connectivity index is 2.31.